The Hall–Kier alpha value is -3.45. The number of nitrogens with zero attached hydrogens (tertiary/aromatic N) is 5. The van der Waals surface area contributed by atoms with Crippen molar-refractivity contribution in [3.63, 3.8) is 0 Å². The molecule has 0 saturated carbocycles. The fourth-order valence-corrected chi connectivity index (χ4v) is 5.08. The molecule has 2 aliphatic rings. The number of rotatable bonds is 7. The molecule has 0 bridgehead atoms. The van der Waals surface area contributed by atoms with Crippen LogP contribution in [0.15, 0.2) is 30.6 Å². The number of piperidine rings is 1. The highest BCUT2D eigenvalue weighted by molar-refractivity contribution is 5.91. The van der Waals surface area contributed by atoms with Crippen LogP contribution in [0.25, 0.3) is 0 Å². The SMILES string of the molecule is CN1CCN(Cc2cc(NC(=O)CC3CCN(c4cnc(NC(=O)OC(C)(C)C)cn4)CC3)cc(C(F)(F)F)c2)CC1. The van der Waals surface area contributed by atoms with Crippen LogP contribution in [0, 0.1) is 5.92 Å². The van der Waals surface area contributed by atoms with Crippen molar-refractivity contribution >= 4 is 29.3 Å². The number of hydrogen-bond acceptors (Lipinski definition) is 8. The number of halogens is 3. The highest BCUT2D eigenvalue weighted by Crippen LogP contribution is 2.33. The minimum absolute atomic E-state index is 0.0953. The molecule has 10 nitrogen and oxygen atoms in total. The third-order valence-electron chi connectivity index (χ3n) is 7.29. The van der Waals surface area contributed by atoms with Crippen LogP contribution < -0.4 is 15.5 Å². The van der Waals surface area contributed by atoms with Crippen molar-refractivity contribution in [2.45, 2.75) is 58.4 Å². The number of alkyl halides is 3. The second kappa shape index (κ2) is 13.2. The molecular formula is C29H40F3N7O3. The van der Waals surface area contributed by atoms with E-state index in [4.69, 9.17) is 4.74 Å². The molecular weight excluding hydrogens is 551 g/mol. The minimum atomic E-state index is -4.50. The van der Waals surface area contributed by atoms with Crippen LogP contribution in [0.3, 0.4) is 0 Å². The quantitative estimate of drug-likeness (QED) is 0.472. The summed E-state index contributed by atoms with van der Waals surface area (Å²) in [4.78, 5) is 39.8. The molecule has 42 heavy (non-hydrogen) atoms. The first-order valence-electron chi connectivity index (χ1n) is 14.2. The molecule has 0 unspecified atom stereocenters. The van der Waals surface area contributed by atoms with Gasteiger partial charge in [0.1, 0.15) is 11.4 Å². The molecule has 0 radical (unpaired) electrons. The van der Waals surface area contributed by atoms with E-state index < -0.39 is 23.4 Å². The molecule has 0 aliphatic carbocycles. The molecule has 2 saturated heterocycles. The number of ether oxygens (including phenoxy) is 1. The van der Waals surface area contributed by atoms with Crippen molar-refractivity contribution in [1.29, 1.82) is 0 Å². The smallest absolute Gasteiger partial charge is 0.416 e. The lowest BCUT2D eigenvalue weighted by Crippen LogP contribution is -2.43. The zero-order valence-corrected chi connectivity index (χ0v) is 24.6. The van der Waals surface area contributed by atoms with Crippen LogP contribution in [0.1, 0.15) is 51.2 Å². The van der Waals surface area contributed by atoms with Crippen LogP contribution >= 0.6 is 0 Å². The van der Waals surface area contributed by atoms with Gasteiger partial charge in [0.15, 0.2) is 5.82 Å². The van der Waals surface area contributed by atoms with Gasteiger partial charge in [0.25, 0.3) is 0 Å². The lowest BCUT2D eigenvalue weighted by atomic mass is 9.93. The second-order valence-electron chi connectivity index (χ2n) is 12.1. The van der Waals surface area contributed by atoms with Crippen molar-refractivity contribution < 1.29 is 27.5 Å². The predicted octanol–water partition coefficient (Wildman–Crippen LogP) is 4.84. The van der Waals surface area contributed by atoms with E-state index in [1.807, 2.05) is 7.05 Å². The van der Waals surface area contributed by atoms with Gasteiger partial charge in [-0.05, 0) is 70.3 Å². The van der Waals surface area contributed by atoms with E-state index in [9.17, 15) is 22.8 Å². The molecule has 2 aromatic rings. The number of carbonyl (C=O) groups excluding carboxylic acids is 2. The van der Waals surface area contributed by atoms with Gasteiger partial charge in [-0.1, -0.05) is 0 Å². The molecule has 3 heterocycles. The molecule has 2 N–H and O–H groups in total. The van der Waals surface area contributed by atoms with Gasteiger partial charge in [-0.3, -0.25) is 15.0 Å². The average Bonchev–Trinajstić information content (AvgIpc) is 2.89. The Morgan fingerprint density at radius 3 is 2.24 bits per heavy atom. The number of aromatic nitrogens is 2. The summed E-state index contributed by atoms with van der Waals surface area (Å²) in [5.74, 6) is 0.735. The number of nitrogens with one attached hydrogen (secondary N) is 2. The molecule has 4 rings (SSSR count). The van der Waals surface area contributed by atoms with Crippen molar-refractivity contribution in [3.8, 4) is 0 Å². The second-order valence-corrected chi connectivity index (χ2v) is 12.1. The summed E-state index contributed by atoms with van der Waals surface area (Å²) in [6, 6.07) is 3.83. The maximum absolute atomic E-state index is 13.6. The Morgan fingerprint density at radius 2 is 1.64 bits per heavy atom. The van der Waals surface area contributed by atoms with E-state index in [1.54, 1.807) is 33.0 Å². The standard InChI is InChI=1S/C29H40F3N7O3/c1-28(2,3)42-27(41)36-24-17-34-25(18-33-24)39-7-5-20(6-8-39)15-26(40)35-23-14-21(13-22(16-23)29(30,31)32)19-38-11-9-37(4)10-12-38/h13-14,16-18,20H,5-12,15,19H2,1-4H3,(H,35,40)(H,33,36,41). The number of amides is 2. The predicted molar refractivity (Wildman–Crippen MR) is 154 cm³/mol. The first-order chi connectivity index (χ1) is 19.7. The first kappa shape index (κ1) is 31.5. The zero-order valence-electron chi connectivity index (χ0n) is 24.6. The summed E-state index contributed by atoms with van der Waals surface area (Å²) >= 11 is 0. The lowest BCUT2D eigenvalue weighted by molar-refractivity contribution is -0.137. The maximum Gasteiger partial charge on any atom is 0.416 e. The number of hydrogen-bond donors (Lipinski definition) is 2. The van der Waals surface area contributed by atoms with Crippen LogP contribution in [0.2, 0.25) is 0 Å². The van der Waals surface area contributed by atoms with Crippen LogP contribution in [-0.2, 0) is 22.3 Å². The Kier molecular flexibility index (Phi) is 9.93. The number of anilines is 3. The fraction of sp³-hybridized carbons (Fsp3) is 0.586. The van der Waals surface area contributed by atoms with Gasteiger partial charge in [0.2, 0.25) is 5.91 Å². The number of benzene rings is 1. The Labute approximate surface area is 244 Å². The van der Waals surface area contributed by atoms with Crippen molar-refractivity contribution in [2.75, 3.05) is 61.8 Å². The van der Waals surface area contributed by atoms with Gasteiger partial charge in [0.05, 0.1) is 18.0 Å². The summed E-state index contributed by atoms with van der Waals surface area (Å²) in [7, 11) is 2.03. The number of piperazine rings is 1. The zero-order chi connectivity index (χ0) is 30.5. The summed E-state index contributed by atoms with van der Waals surface area (Å²) in [5.41, 5.74) is -0.677. The van der Waals surface area contributed by atoms with E-state index in [-0.39, 0.29) is 29.8 Å². The van der Waals surface area contributed by atoms with E-state index in [0.717, 1.165) is 45.1 Å². The summed E-state index contributed by atoms with van der Waals surface area (Å²) in [6.07, 6.45) is -0.396. The van der Waals surface area contributed by atoms with Crippen LogP contribution in [-0.4, -0.2) is 83.7 Å². The molecule has 2 amide bonds. The van der Waals surface area contributed by atoms with Crippen molar-refractivity contribution in [1.82, 2.24) is 19.8 Å². The van der Waals surface area contributed by atoms with E-state index in [0.29, 0.717) is 31.0 Å². The molecule has 0 atom stereocenters. The van der Waals surface area contributed by atoms with Gasteiger partial charge < -0.3 is 19.9 Å². The molecule has 2 aliphatic heterocycles. The third kappa shape index (κ3) is 9.55. The van der Waals surface area contributed by atoms with E-state index >= 15 is 0 Å². The highest BCUT2D eigenvalue weighted by Gasteiger charge is 2.32. The third-order valence-corrected chi connectivity index (χ3v) is 7.29. The van der Waals surface area contributed by atoms with Crippen molar-refractivity contribution in [2.24, 2.45) is 5.92 Å². The van der Waals surface area contributed by atoms with Gasteiger partial charge in [-0.2, -0.15) is 13.2 Å². The molecule has 0 spiro atoms. The molecule has 13 heteroatoms. The number of carbonyl (C=O) groups is 2. The largest absolute Gasteiger partial charge is 0.444 e. The fourth-order valence-electron chi connectivity index (χ4n) is 5.08. The summed E-state index contributed by atoms with van der Waals surface area (Å²) in [5, 5.41) is 5.27. The van der Waals surface area contributed by atoms with Gasteiger partial charge in [0, 0.05) is 57.9 Å². The monoisotopic (exact) mass is 591 g/mol. The topological polar surface area (TPSA) is 103 Å². The summed E-state index contributed by atoms with van der Waals surface area (Å²) in [6.45, 7) is 10.3. The van der Waals surface area contributed by atoms with E-state index in [2.05, 4.69) is 35.3 Å². The number of likely N-dealkylation sites (N-methyl/N-ethyl adjacent to an activating group) is 1. The van der Waals surface area contributed by atoms with Gasteiger partial charge in [-0.15, -0.1) is 0 Å². The Bertz CT molecular complexity index is 1220. The molecule has 1 aromatic carbocycles. The van der Waals surface area contributed by atoms with Crippen LogP contribution in [0.5, 0.6) is 0 Å². The Morgan fingerprint density at radius 1 is 0.952 bits per heavy atom. The highest BCUT2D eigenvalue weighted by atomic mass is 19.4. The maximum atomic E-state index is 13.6. The molecule has 1 aromatic heterocycles. The lowest BCUT2D eigenvalue weighted by Gasteiger charge is -2.32. The van der Waals surface area contributed by atoms with Gasteiger partial charge >= 0.3 is 12.3 Å². The Balaban J connectivity index is 1.28. The minimum Gasteiger partial charge on any atom is -0.444 e. The average molecular weight is 592 g/mol. The summed E-state index contributed by atoms with van der Waals surface area (Å²) < 4.78 is 46.1. The molecule has 2 fully saturated rings. The van der Waals surface area contributed by atoms with Gasteiger partial charge in [-0.25, -0.2) is 14.8 Å². The normalized spacial score (nSPS) is 17.6. The first-order valence-corrected chi connectivity index (χ1v) is 14.2. The molecule has 230 valence electrons. The van der Waals surface area contributed by atoms with E-state index in [1.165, 1.54) is 12.3 Å². The van der Waals surface area contributed by atoms with Crippen LogP contribution in [0.4, 0.5) is 35.3 Å². The van der Waals surface area contributed by atoms with Crippen molar-refractivity contribution in [3.05, 3.63) is 41.7 Å².